The highest BCUT2D eigenvalue weighted by molar-refractivity contribution is 6.33. The highest BCUT2D eigenvalue weighted by Gasteiger charge is 2.51. The second-order valence-corrected chi connectivity index (χ2v) is 9.17. The Kier molecular flexibility index (Phi) is 4.54. The minimum absolute atomic E-state index is 0.806. The molecule has 0 bridgehead atoms. The molecule has 0 aromatic heterocycles. The maximum Gasteiger partial charge on any atom is 0.120 e. The molecule has 0 atom stereocenters. The normalized spacial score (nSPS) is 22.3. The second-order valence-electron chi connectivity index (χ2n) is 8.04. The molecule has 0 saturated heterocycles. The molecular formula is C28H22Cl2. The van der Waals surface area contributed by atoms with Crippen molar-refractivity contribution in [1.82, 2.24) is 0 Å². The third-order valence-corrected chi connectivity index (χ3v) is 7.59. The molecule has 30 heavy (non-hydrogen) atoms. The number of hydrogen-bond donors (Lipinski definition) is 0. The van der Waals surface area contributed by atoms with Crippen LogP contribution in [0.25, 0.3) is 0 Å². The van der Waals surface area contributed by atoms with E-state index in [1.165, 1.54) is 0 Å². The average Bonchev–Trinajstić information content (AvgIpc) is 2.78. The fraction of sp³-hybridized carbons (Fsp3) is 0.143. The molecule has 0 nitrogen and oxygen atoms in total. The largest absolute Gasteiger partial charge is 0.120 e. The molecule has 0 aliphatic heterocycles. The van der Waals surface area contributed by atoms with Crippen molar-refractivity contribution in [2.45, 2.75) is 23.6 Å². The molecular weight excluding hydrogens is 407 g/mol. The molecule has 0 fully saturated rings. The third kappa shape index (κ3) is 2.54. The molecule has 5 rings (SSSR count). The van der Waals surface area contributed by atoms with Gasteiger partial charge in [-0.2, -0.15) is 0 Å². The van der Waals surface area contributed by atoms with Gasteiger partial charge in [0.05, 0.1) is 0 Å². The van der Waals surface area contributed by atoms with Gasteiger partial charge in [-0.25, -0.2) is 0 Å². The maximum absolute atomic E-state index is 7.66. The summed E-state index contributed by atoms with van der Waals surface area (Å²) in [6, 6.07) is 33.4. The molecule has 0 radical (unpaired) electrons. The Balaban J connectivity index is 1.94. The van der Waals surface area contributed by atoms with Crippen LogP contribution in [0.4, 0.5) is 0 Å². The van der Waals surface area contributed by atoms with Gasteiger partial charge in [0, 0.05) is 0 Å². The molecule has 0 saturated carbocycles. The van der Waals surface area contributed by atoms with Crippen molar-refractivity contribution < 1.29 is 0 Å². The highest BCUT2D eigenvalue weighted by atomic mass is 35.5. The quantitative estimate of drug-likeness (QED) is 0.287. The molecule has 4 aromatic carbocycles. The molecule has 2 heteroatoms. The number of fused-ring (bicyclic) bond motifs is 2. The number of alkyl halides is 2. The van der Waals surface area contributed by atoms with Crippen molar-refractivity contribution in [1.29, 1.82) is 0 Å². The van der Waals surface area contributed by atoms with Gasteiger partial charge in [0.25, 0.3) is 0 Å². The first-order chi connectivity index (χ1) is 14.5. The van der Waals surface area contributed by atoms with Crippen LogP contribution in [-0.4, -0.2) is 0 Å². The van der Waals surface area contributed by atoms with Crippen LogP contribution >= 0.6 is 23.2 Å². The molecule has 0 heterocycles. The fourth-order valence-corrected chi connectivity index (χ4v) is 6.04. The zero-order valence-corrected chi connectivity index (χ0v) is 18.5. The number of halogens is 2. The Labute approximate surface area is 188 Å². The van der Waals surface area contributed by atoms with Crippen molar-refractivity contribution in [3.63, 3.8) is 0 Å². The lowest BCUT2D eigenvalue weighted by atomic mass is 9.66. The van der Waals surface area contributed by atoms with E-state index in [0.29, 0.717) is 0 Å². The van der Waals surface area contributed by atoms with E-state index < -0.39 is 9.75 Å². The Morgan fingerprint density at radius 3 is 0.900 bits per heavy atom. The van der Waals surface area contributed by atoms with Crippen LogP contribution in [0.15, 0.2) is 97.1 Å². The number of rotatable bonds is 2. The van der Waals surface area contributed by atoms with Gasteiger partial charge >= 0.3 is 0 Å². The number of benzene rings is 4. The van der Waals surface area contributed by atoms with E-state index in [-0.39, 0.29) is 0 Å². The van der Waals surface area contributed by atoms with Crippen molar-refractivity contribution in [3.8, 4) is 0 Å². The van der Waals surface area contributed by atoms with Crippen LogP contribution in [0.1, 0.15) is 44.5 Å². The van der Waals surface area contributed by atoms with E-state index >= 15 is 0 Å². The number of aryl methyl sites for hydroxylation is 2. The fourth-order valence-electron chi connectivity index (χ4n) is 4.96. The van der Waals surface area contributed by atoms with Crippen LogP contribution in [-0.2, 0) is 9.75 Å². The summed E-state index contributed by atoms with van der Waals surface area (Å²) in [5.41, 5.74) is 8.67. The van der Waals surface area contributed by atoms with Gasteiger partial charge in [0.15, 0.2) is 0 Å². The molecule has 0 N–H and O–H groups in total. The first-order valence-electron chi connectivity index (χ1n) is 10.2. The lowest BCUT2D eigenvalue weighted by Crippen LogP contribution is -2.39. The Morgan fingerprint density at radius 2 is 0.633 bits per heavy atom. The van der Waals surface area contributed by atoms with Gasteiger partial charge in [0.1, 0.15) is 9.75 Å². The van der Waals surface area contributed by atoms with Crippen LogP contribution in [0.3, 0.4) is 0 Å². The summed E-state index contributed by atoms with van der Waals surface area (Å²) in [6.45, 7) is 4.24. The van der Waals surface area contributed by atoms with Crippen molar-refractivity contribution in [3.05, 3.63) is 142 Å². The third-order valence-electron chi connectivity index (χ3n) is 6.37. The van der Waals surface area contributed by atoms with E-state index in [4.69, 9.17) is 23.2 Å². The smallest absolute Gasteiger partial charge is 0.104 e. The summed E-state index contributed by atoms with van der Waals surface area (Å²) in [5, 5.41) is 0. The Morgan fingerprint density at radius 1 is 0.400 bits per heavy atom. The SMILES string of the molecule is Cc1ccccc1C1(Cl)c2ccccc2C(Cl)(c2ccccc2C)c2ccccc21. The monoisotopic (exact) mass is 428 g/mol. The summed E-state index contributed by atoms with van der Waals surface area (Å²) < 4.78 is 0. The summed E-state index contributed by atoms with van der Waals surface area (Å²) in [7, 11) is 0. The van der Waals surface area contributed by atoms with Gasteiger partial charge in [-0.05, 0) is 58.4 Å². The van der Waals surface area contributed by atoms with E-state index in [1.54, 1.807) is 0 Å². The predicted molar refractivity (Wildman–Crippen MR) is 127 cm³/mol. The molecule has 0 amide bonds. The van der Waals surface area contributed by atoms with Gasteiger partial charge in [-0.3, -0.25) is 0 Å². The zero-order chi connectivity index (χ0) is 20.9. The molecule has 1 aliphatic carbocycles. The average molecular weight is 429 g/mol. The van der Waals surface area contributed by atoms with Crippen LogP contribution in [0, 0.1) is 13.8 Å². The topological polar surface area (TPSA) is 0 Å². The van der Waals surface area contributed by atoms with Crippen molar-refractivity contribution >= 4 is 23.2 Å². The summed E-state index contributed by atoms with van der Waals surface area (Å²) in [4.78, 5) is -1.61. The van der Waals surface area contributed by atoms with Crippen molar-refractivity contribution in [2.75, 3.05) is 0 Å². The van der Waals surface area contributed by atoms with E-state index in [0.717, 1.165) is 44.5 Å². The number of hydrogen-bond acceptors (Lipinski definition) is 0. The lowest BCUT2D eigenvalue weighted by Gasteiger charge is -2.45. The molecule has 1 aliphatic rings. The zero-order valence-electron chi connectivity index (χ0n) is 17.0. The van der Waals surface area contributed by atoms with E-state index in [2.05, 4.69) is 111 Å². The highest BCUT2D eigenvalue weighted by Crippen LogP contribution is 2.59. The van der Waals surface area contributed by atoms with Crippen LogP contribution in [0.2, 0.25) is 0 Å². The maximum atomic E-state index is 7.66. The molecule has 0 spiro atoms. The Bertz CT molecular complexity index is 1110. The van der Waals surface area contributed by atoms with E-state index in [9.17, 15) is 0 Å². The first-order valence-corrected chi connectivity index (χ1v) is 10.9. The van der Waals surface area contributed by atoms with Crippen LogP contribution < -0.4 is 0 Å². The Hall–Kier alpha value is -2.54. The second kappa shape index (κ2) is 7.01. The summed E-state index contributed by atoms with van der Waals surface area (Å²) in [6.07, 6.45) is 0. The minimum Gasteiger partial charge on any atom is -0.104 e. The lowest BCUT2D eigenvalue weighted by molar-refractivity contribution is 0.723. The molecule has 4 aromatic rings. The van der Waals surface area contributed by atoms with Crippen molar-refractivity contribution in [2.24, 2.45) is 0 Å². The van der Waals surface area contributed by atoms with Crippen LogP contribution in [0.5, 0.6) is 0 Å². The van der Waals surface area contributed by atoms with Gasteiger partial charge in [-0.15, -0.1) is 23.2 Å². The van der Waals surface area contributed by atoms with E-state index in [1.807, 2.05) is 0 Å². The molecule has 0 unspecified atom stereocenters. The summed E-state index contributed by atoms with van der Waals surface area (Å²) in [5.74, 6) is 0. The standard InChI is InChI=1S/C28H22Cl2/c1-19-11-3-5-13-21(19)27(29)23-15-7-9-17-25(23)28(30,22-14-6-4-12-20(22)2)26-18-10-8-16-24(26)27/h3-18H,1-2H3. The van der Waals surface area contributed by atoms with Gasteiger partial charge < -0.3 is 0 Å². The minimum atomic E-state index is -0.806. The predicted octanol–water partition coefficient (Wildman–Crippen LogP) is 7.68. The van der Waals surface area contributed by atoms with Gasteiger partial charge in [0.2, 0.25) is 0 Å². The summed E-state index contributed by atoms with van der Waals surface area (Å²) >= 11 is 15.3. The first kappa shape index (κ1) is 19.4. The molecule has 148 valence electrons. The van der Waals surface area contributed by atoms with Gasteiger partial charge in [-0.1, -0.05) is 97.1 Å².